The van der Waals surface area contributed by atoms with Gasteiger partial charge in [0.2, 0.25) is 11.8 Å². The molecule has 0 aromatic rings. The molecule has 2 amide bonds. The minimum absolute atomic E-state index is 0.213. The Morgan fingerprint density at radius 2 is 1.89 bits per heavy atom. The van der Waals surface area contributed by atoms with Gasteiger partial charge in [-0.25, -0.2) is 0 Å². The number of rotatable bonds is 2. The molecule has 5 heteroatoms. The SMILES string of the molecule is O=C(C1CCCS1)N1CCC(N2CCCC2=O)CC1. The number of piperidine rings is 1. The summed E-state index contributed by atoms with van der Waals surface area (Å²) >= 11 is 1.81. The van der Waals surface area contributed by atoms with Gasteiger partial charge in [-0.1, -0.05) is 0 Å². The zero-order valence-corrected chi connectivity index (χ0v) is 12.2. The van der Waals surface area contributed by atoms with Crippen molar-refractivity contribution in [1.82, 2.24) is 9.80 Å². The van der Waals surface area contributed by atoms with E-state index in [1.54, 1.807) is 0 Å². The van der Waals surface area contributed by atoms with Gasteiger partial charge in [0.1, 0.15) is 0 Å². The summed E-state index contributed by atoms with van der Waals surface area (Å²) < 4.78 is 0. The zero-order chi connectivity index (χ0) is 13.2. The van der Waals surface area contributed by atoms with Crippen LogP contribution in [0.3, 0.4) is 0 Å². The molecule has 19 heavy (non-hydrogen) atoms. The van der Waals surface area contributed by atoms with E-state index in [4.69, 9.17) is 0 Å². The summed E-state index contributed by atoms with van der Waals surface area (Å²) in [6.07, 6.45) is 5.89. The number of nitrogens with zero attached hydrogens (tertiary/aromatic N) is 2. The second-order valence-corrected chi connectivity index (χ2v) is 7.06. The minimum Gasteiger partial charge on any atom is -0.342 e. The van der Waals surface area contributed by atoms with Crippen LogP contribution in [0.25, 0.3) is 0 Å². The molecule has 1 atom stereocenters. The van der Waals surface area contributed by atoms with Crippen molar-refractivity contribution in [1.29, 1.82) is 0 Å². The van der Waals surface area contributed by atoms with Gasteiger partial charge in [0.15, 0.2) is 0 Å². The first-order valence-electron chi connectivity index (χ1n) is 7.45. The number of likely N-dealkylation sites (tertiary alicyclic amines) is 2. The van der Waals surface area contributed by atoms with Crippen molar-refractivity contribution in [2.75, 3.05) is 25.4 Å². The van der Waals surface area contributed by atoms with Crippen LogP contribution in [0.5, 0.6) is 0 Å². The molecule has 1 unspecified atom stereocenters. The fourth-order valence-electron chi connectivity index (χ4n) is 3.43. The van der Waals surface area contributed by atoms with Crippen LogP contribution in [0.2, 0.25) is 0 Å². The highest BCUT2D eigenvalue weighted by Crippen LogP contribution is 2.29. The monoisotopic (exact) mass is 282 g/mol. The van der Waals surface area contributed by atoms with Crippen LogP contribution in [0.4, 0.5) is 0 Å². The van der Waals surface area contributed by atoms with Gasteiger partial charge in [0.25, 0.3) is 0 Å². The van der Waals surface area contributed by atoms with Crippen LogP contribution in [0.15, 0.2) is 0 Å². The lowest BCUT2D eigenvalue weighted by Crippen LogP contribution is -2.48. The second-order valence-electron chi connectivity index (χ2n) is 5.75. The first-order valence-corrected chi connectivity index (χ1v) is 8.50. The molecule has 3 saturated heterocycles. The first kappa shape index (κ1) is 13.3. The average molecular weight is 282 g/mol. The largest absolute Gasteiger partial charge is 0.342 e. The summed E-state index contributed by atoms with van der Waals surface area (Å²) in [5.74, 6) is 1.79. The number of amides is 2. The number of carbonyl (C=O) groups excluding carboxylic acids is 2. The number of hydrogen-bond acceptors (Lipinski definition) is 3. The maximum atomic E-state index is 12.3. The summed E-state index contributed by atoms with van der Waals surface area (Å²) in [5, 5.41) is 0.213. The summed E-state index contributed by atoms with van der Waals surface area (Å²) in [4.78, 5) is 28.1. The van der Waals surface area contributed by atoms with E-state index < -0.39 is 0 Å². The van der Waals surface area contributed by atoms with Gasteiger partial charge >= 0.3 is 0 Å². The number of thioether (sulfide) groups is 1. The third kappa shape index (κ3) is 2.76. The molecule has 0 aliphatic carbocycles. The lowest BCUT2D eigenvalue weighted by molar-refractivity contribution is -0.134. The highest BCUT2D eigenvalue weighted by Gasteiger charge is 2.34. The molecule has 3 aliphatic rings. The van der Waals surface area contributed by atoms with Crippen molar-refractivity contribution in [2.24, 2.45) is 0 Å². The van der Waals surface area contributed by atoms with Crippen LogP contribution in [0, 0.1) is 0 Å². The minimum atomic E-state index is 0.213. The Hall–Kier alpha value is -0.710. The highest BCUT2D eigenvalue weighted by atomic mass is 32.2. The molecule has 106 valence electrons. The van der Waals surface area contributed by atoms with E-state index in [0.29, 0.717) is 17.9 Å². The molecule has 0 saturated carbocycles. The van der Waals surface area contributed by atoms with E-state index in [9.17, 15) is 9.59 Å². The van der Waals surface area contributed by atoms with Crippen LogP contribution in [-0.4, -0.2) is 58.3 Å². The predicted molar refractivity (Wildman–Crippen MR) is 76.0 cm³/mol. The molecule has 3 aliphatic heterocycles. The Balaban J connectivity index is 1.51. The fourth-order valence-corrected chi connectivity index (χ4v) is 4.67. The van der Waals surface area contributed by atoms with Gasteiger partial charge in [0.05, 0.1) is 5.25 Å². The Bertz CT molecular complexity index is 360. The van der Waals surface area contributed by atoms with Crippen molar-refractivity contribution < 1.29 is 9.59 Å². The van der Waals surface area contributed by atoms with Crippen molar-refractivity contribution in [3.63, 3.8) is 0 Å². The van der Waals surface area contributed by atoms with Crippen LogP contribution >= 0.6 is 11.8 Å². The van der Waals surface area contributed by atoms with Gasteiger partial charge in [-0.15, -0.1) is 11.8 Å². The standard InChI is InChI=1S/C14H22N2O2S/c17-13-4-1-7-16(13)11-5-8-15(9-6-11)14(18)12-3-2-10-19-12/h11-12H,1-10H2. The Kier molecular flexibility index (Phi) is 4.01. The molecule has 4 nitrogen and oxygen atoms in total. The molecule has 3 heterocycles. The van der Waals surface area contributed by atoms with Crippen molar-refractivity contribution in [3.8, 4) is 0 Å². The third-order valence-electron chi connectivity index (χ3n) is 4.53. The molecule has 0 aromatic carbocycles. The summed E-state index contributed by atoms with van der Waals surface area (Å²) in [6, 6.07) is 0.385. The van der Waals surface area contributed by atoms with E-state index in [1.807, 2.05) is 21.6 Å². The normalized spacial score (nSPS) is 29.3. The van der Waals surface area contributed by atoms with Crippen molar-refractivity contribution in [2.45, 2.75) is 49.8 Å². The van der Waals surface area contributed by atoms with E-state index in [2.05, 4.69) is 0 Å². The topological polar surface area (TPSA) is 40.6 Å². The second kappa shape index (κ2) is 5.73. The van der Waals surface area contributed by atoms with Gasteiger partial charge in [-0.3, -0.25) is 9.59 Å². The molecule has 0 spiro atoms. The number of carbonyl (C=O) groups is 2. The van der Waals surface area contributed by atoms with Crippen LogP contribution in [-0.2, 0) is 9.59 Å². The van der Waals surface area contributed by atoms with E-state index in [-0.39, 0.29) is 5.25 Å². The predicted octanol–water partition coefficient (Wildman–Crippen LogP) is 1.50. The van der Waals surface area contributed by atoms with Gasteiger partial charge < -0.3 is 9.80 Å². The molecule has 0 aromatic heterocycles. The van der Waals surface area contributed by atoms with Crippen LogP contribution < -0.4 is 0 Å². The first-order chi connectivity index (χ1) is 9.25. The summed E-state index contributed by atoms with van der Waals surface area (Å²) in [7, 11) is 0. The Morgan fingerprint density at radius 3 is 2.47 bits per heavy atom. The third-order valence-corrected chi connectivity index (χ3v) is 5.90. The average Bonchev–Trinajstić information content (AvgIpc) is 3.09. The molecular formula is C14H22N2O2S. The maximum absolute atomic E-state index is 12.3. The summed E-state index contributed by atoms with van der Waals surface area (Å²) in [5.41, 5.74) is 0. The van der Waals surface area contributed by atoms with Crippen LogP contribution in [0.1, 0.15) is 38.5 Å². The van der Waals surface area contributed by atoms with Crippen molar-refractivity contribution >= 4 is 23.6 Å². The lowest BCUT2D eigenvalue weighted by Gasteiger charge is -2.37. The Labute approximate surface area is 118 Å². The molecule has 0 bridgehead atoms. The molecule has 3 fully saturated rings. The molecule has 0 N–H and O–H groups in total. The maximum Gasteiger partial charge on any atom is 0.235 e. The highest BCUT2D eigenvalue weighted by molar-refractivity contribution is 8.00. The van der Waals surface area contributed by atoms with Gasteiger partial charge in [0, 0.05) is 32.1 Å². The molecule has 3 rings (SSSR count). The smallest absolute Gasteiger partial charge is 0.235 e. The molecule has 0 radical (unpaired) electrons. The molecular weight excluding hydrogens is 260 g/mol. The quantitative estimate of drug-likeness (QED) is 0.770. The fraction of sp³-hybridized carbons (Fsp3) is 0.857. The zero-order valence-electron chi connectivity index (χ0n) is 11.3. The lowest BCUT2D eigenvalue weighted by atomic mass is 10.0. The Morgan fingerprint density at radius 1 is 1.11 bits per heavy atom. The van der Waals surface area contributed by atoms with Crippen molar-refractivity contribution in [3.05, 3.63) is 0 Å². The summed E-state index contributed by atoms with van der Waals surface area (Å²) in [6.45, 7) is 2.60. The number of hydrogen-bond donors (Lipinski definition) is 0. The van der Waals surface area contributed by atoms with E-state index in [1.165, 1.54) is 6.42 Å². The van der Waals surface area contributed by atoms with E-state index >= 15 is 0 Å². The van der Waals surface area contributed by atoms with E-state index in [0.717, 1.165) is 57.5 Å². The van der Waals surface area contributed by atoms with Gasteiger partial charge in [-0.2, -0.15) is 0 Å². The van der Waals surface area contributed by atoms with Gasteiger partial charge in [-0.05, 0) is 37.9 Å².